The molecule has 82 valence electrons. The molecule has 0 aromatic heterocycles. The van der Waals surface area contributed by atoms with Crippen LogP contribution in [0.25, 0.3) is 0 Å². The fraction of sp³-hybridized carbons (Fsp3) is 0.417. The molecule has 0 fully saturated rings. The first kappa shape index (κ1) is 11.6. The van der Waals surface area contributed by atoms with Gasteiger partial charge in [-0.25, -0.2) is 4.79 Å². The molecule has 0 radical (unpaired) electrons. The van der Waals surface area contributed by atoms with Gasteiger partial charge in [0.15, 0.2) is 0 Å². The summed E-state index contributed by atoms with van der Waals surface area (Å²) in [5.74, 6) is 0.504. The number of carbonyl (C=O) groups excluding carboxylic acids is 1. The molecule has 0 aliphatic rings. The largest absolute Gasteiger partial charge is 0.493 e. The van der Waals surface area contributed by atoms with Crippen LogP contribution in [0.15, 0.2) is 18.2 Å². The van der Waals surface area contributed by atoms with Crippen LogP contribution in [0.3, 0.4) is 0 Å². The zero-order valence-electron chi connectivity index (χ0n) is 9.37. The van der Waals surface area contributed by atoms with Crippen molar-refractivity contribution >= 4 is 5.97 Å². The van der Waals surface area contributed by atoms with Gasteiger partial charge in [0.05, 0.1) is 19.3 Å². The van der Waals surface area contributed by atoms with E-state index in [9.17, 15) is 4.79 Å². The standard InChI is InChI=1S/C12H16O3/c1-4-7-15-11-6-5-10(8-9(11)2)12(13)14-3/h5-6,8H,4,7H2,1-3H3. The van der Waals surface area contributed by atoms with Crippen molar-refractivity contribution < 1.29 is 14.3 Å². The highest BCUT2D eigenvalue weighted by Crippen LogP contribution is 2.19. The number of carbonyl (C=O) groups is 1. The fourth-order valence-electron chi connectivity index (χ4n) is 1.27. The highest BCUT2D eigenvalue weighted by molar-refractivity contribution is 5.89. The molecule has 0 amide bonds. The van der Waals surface area contributed by atoms with Crippen molar-refractivity contribution in [3.63, 3.8) is 0 Å². The molecule has 0 N–H and O–H groups in total. The smallest absolute Gasteiger partial charge is 0.337 e. The third-order valence-corrected chi connectivity index (χ3v) is 2.06. The Morgan fingerprint density at radius 3 is 2.67 bits per heavy atom. The zero-order valence-corrected chi connectivity index (χ0v) is 9.37. The van der Waals surface area contributed by atoms with Gasteiger partial charge in [0.25, 0.3) is 0 Å². The minimum atomic E-state index is -0.319. The van der Waals surface area contributed by atoms with E-state index in [4.69, 9.17) is 4.74 Å². The van der Waals surface area contributed by atoms with Crippen LogP contribution >= 0.6 is 0 Å². The third kappa shape index (κ3) is 2.98. The predicted molar refractivity (Wildman–Crippen MR) is 58.3 cm³/mol. The molecule has 0 unspecified atom stereocenters. The molecule has 1 aromatic carbocycles. The molecule has 1 aromatic rings. The second kappa shape index (κ2) is 5.39. The molecule has 3 heteroatoms. The Labute approximate surface area is 90.0 Å². The average molecular weight is 208 g/mol. The van der Waals surface area contributed by atoms with Crippen molar-refractivity contribution in [2.75, 3.05) is 13.7 Å². The van der Waals surface area contributed by atoms with Crippen molar-refractivity contribution in [1.29, 1.82) is 0 Å². The maximum Gasteiger partial charge on any atom is 0.337 e. The van der Waals surface area contributed by atoms with Crippen LogP contribution in [0.5, 0.6) is 5.75 Å². The van der Waals surface area contributed by atoms with Crippen LogP contribution in [-0.4, -0.2) is 19.7 Å². The Bertz CT molecular complexity index is 345. The van der Waals surface area contributed by atoms with E-state index < -0.39 is 0 Å². The van der Waals surface area contributed by atoms with Crippen LogP contribution < -0.4 is 4.74 Å². The molecular formula is C12H16O3. The van der Waals surface area contributed by atoms with E-state index in [-0.39, 0.29) is 5.97 Å². The second-order valence-corrected chi connectivity index (χ2v) is 3.32. The molecule has 0 aliphatic heterocycles. The molecule has 0 bridgehead atoms. The number of rotatable bonds is 4. The van der Waals surface area contributed by atoms with Gasteiger partial charge in [0.1, 0.15) is 5.75 Å². The molecule has 0 saturated carbocycles. The van der Waals surface area contributed by atoms with E-state index in [1.165, 1.54) is 7.11 Å². The summed E-state index contributed by atoms with van der Waals surface area (Å²) in [6.45, 7) is 4.66. The number of aryl methyl sites for hydroxylation is 1. The van der Waals surface area contributed by atoms with Crippen LogP contribution in [-0.2, 0) is 4.74 Å². The first-order valence-corrected chi connectivity index (χ1v) is 5.00. The van der Waals surface area contributed by atoms with Crippen LogP contribution in [0, 0.1) is 6.92 Å². The lowest BCUT2D eigenvalue weighted by atomic mass is 10.1. The number of benzene rings is 1. The van der Waals surface area contributed by atoms with Crippen LogP contribution in [0.4, 0.5) is 0 Å². The maximum atomic E-state index is 11.2. The van der Waals surface area contributed by atoms with E-state index >= 15 is 0 Å². The van der Waals surface area contributed by atoms with Crippen molar-refractivity contribution in [3.05, 3.63) is 29.3 Å². The molecular weight excluding hydrogens is 192 g/mol. The lowest BCUT2D eigenvalue weighted by molar-refractivity contribution is 0.0600. The van der Waals surface area contributed by atoms with Crippen LogP contribution in [0.1, 0.15) is 29.3 Å². The topological polar surface area (TPSA) is 35.5 Å². The Morgan fingerprint density at radius 2 is 2.13 bits per heavy atom. The lowest BCUT2D eigenvalue weighted by Gasteiger charge is -2.08. The Hall–Kier alpha value is -1.51. The normalized spacial score (nSPS) is 9.80. The summed E-state index contributed by atoms with van der Waals surface area (Å²) < 4.78 is 10.1. The van der Waals surface area contributed by atoms with Gasteiger partial charge in [-0.1, -0.05) is 6.92 Å². The number of ether oxygens (including phenoxy) is 2. The molecule has 0 heterocycles. The summed E-state index contributed by atoms with van der Waals surface area (Å²) in [5, 5.41) is 0. The monoisotopic (exact) mass is 208 g/mol. The summed E-state index contributed by atoms with van der Waals surface area (Å²) in [4.78, 5) is 11.2. The molecule has 0 atom stereocenters. The Morgan fingerprint density at radius 1 is 1.40 bits per heavy atom. The van der Waals surface area contributed by atoms with Crippen molar-refractivity contribution in [3.8, 4) is 5.75 Å². The fourth-order valence-corrected chi connectivity index (χ4v) is 1.27. The molecule has 0 saturated heterocycles. The number of methoxy groups -OCH3 is 1. The Balaban J connectivity index is 2.83. The lowest BCUT2D eigenvalue weighted by Crippen LogP contribution is -2.03. The summed E-state index contributed by atoms with van der Waals surface area (Å²) in [5.41, 5.74) is 1.50. The summed E-state index contributed by atoms with van der Waals surface area (Å²) in [6.07, 6.45) is 0.970. The first-order valence-electron chi connectivity index (χ1n) is 5.00. The van der Waals surface area contributed by atoms with Gasteiger partial charge < -0.3 is 9.47 Å². The minimum absolute atomic E-state index is 0.319. The van der Waals surface area contributed by atoms with E-state index in [0.717, 1.165) is 17.7 Å². The van der Waals surface area contributed by atoms with Crippen LogP contribution in [0.2, 0.25) is 0 Å². The van der Waals surface area contributed by atoms with Crippen molar-refractivity contribution in [1.82, 2.24) is 0 Å². The van der Waals surface area contributed by atoms with Gasteiger partial charge in [0, 0.05) is 0 Å². The van der Waals surface area contributed by atoms with E-state index in [0.29, 0.717) is 12.2 Å². The summed E-state index contributed by atoms with van der Waals surface area (Å²) in [7, 11) is 1.37. The van der Waals surface area contributed by atoms with Gasteiger partial charge in [-0.3, -0.25) is 0 Å². The van der Waals surface area contributed by atoms with Gasteiger partial charge in [-0.2, -0.15) is 0 Å². The minimum Gasteiger partial charge on any atom is -0.493 e. The SMILES string of the molecule is CCCOc1ccc(C(=O)OC)cc1C. The third-order valence-electron chi connectivity index (χ3n) is 2.06. The van der Waals surface area contributed by atoms with Gasteiger partial charge in [0.2, 0.25) is 0 Å². The highest BCUT2D eigenvalue weighted by Gasteiger charge is 2.07. The van der Waals surface area contributed by atoms with Crippen molar-refractivity contribution in [2.24, 2.45) is 0 Å². The van der Waals surface area contributed by atoms with Gasteiger partial charge in [-0.05, 0) is 37.1 Å². The summed E-state index contributed by atoms with van der Waals surface area (Å²) in [6, 6.07) is 5.29. The highest BCUT2D eigenvalue weighted by atomic mass is 16.5. The molecule has 3 nitrogen and oxygen atoms in total. The molecule has 0 aliphatic carbocycles. The van der Waals surface area contributed by atoms with E-state index in [1.807, 2.05) is 6.92 Å². The number of hydrogen-bond acceptors (Lipinski definition) is 3. The molecule has 1 rings (SSSR count). The molecule has 0 spiro atoms. The van der Waals surface area contributed by atoms with Gasteiger partial charge >= 0.3 is 5.97 Å². The van der Waals surface area contributed by atoms with Gasteiger partial charge in [-0.15, -0.1) is 0 Å². The maximum absolute atomic E-state index is 11.2. The van der Waals surface area contributed by atoms with E-state index in [1.54, 1.807) is 18.2 Å². The first-order chi connectivity index (χ1) is 7.19. The van der Waals surface area contributed by atoms with Crippen molar-refractivity contribution in [2.45, 2.75) is 20.3 Å². The molecule has 15 heavy (non-hydrogen) atoms. The predicted octanol–water partition coefficient (Wildman–Crippen LogP) is 2.57. The van der Waals surface area contributed by atoms with E-state index in [2.05, 4.69) is 11.7 Å². The second-order valence-electron chi connectivity index (χ2n) is 3.32. The number of hydrogen-bond donors (Lipinski definition) is 0. The Kier molecular flexibility index (Phi) is 4.16. The zero-order chi connectivity index (χ0) is 11.3. The number of esters is 1. The summed E-state index contributed by atoms with van der Waals surface area (Å²) >= 11 is 0. The quantitative estimate of drug-likeness (QED) is 0.713. The average Bonchev–Trinajstić information content (AvgIpc) is 2.26.